The van der Waals surface area contributed by atoms with Gasteiger partial charge in [-0.05, 0) is 25.0 Å². The van der Waals surface area contributed by atoms with Gasteiger partial charge >= 0.3 is 0 Å². The summed E-state index contributed by atoms with van der Waals surface area (Å²) in [7, 11) is 0. The topological polar surface area (TPSA) is 94.8 Å². The fraction of sp³-hybridized carbons (Fsp3) is 0.650. The highest BCUT2D eigenvalue weighted by Crippen LogP contribution is 2.18. The molecule has 3 N–H and O–H groups in total. The summed E-state index contributed by atoms with van der Waals surface area (Å²) in [5, 5.41) is 2.84. The van der Waals surface area contributed by atoms with Gasteiger partial charge in [-0.15, -0.1) is 24.8 Å². The Morgan fingerprint density at radius 3 is 2.57 bits per heavy atom. The first kappa shape index (κ1) is 26.4. The highest BCUT2D eigenvalue weighted by Gasteiger charge is 2.28. The van der Waals surface area contributed by atoms with Gasteiger partial charge in [0.2, 0.25) is 11.8 Å². The Bertz CT molecular complexity index is 643. The third-order valence-corrected chi connectivity index (χ3v) is 5.58. The Hall–Kier alpha value is -1.61. The average Bonchev–Trinajstić information content (AvgIpc) is 2.77. The van der Waals surface area contributed by atoms with Gasteiger partial charge in [0.1, 0.15) is 5.82 Å². The van der Waals surface area contributed by atoms with Crippen molar-refractivity contribution in [1.82, 2.24) is 20.1 Å². The van der Waals surface area contributed by atoms with Crippen LogP contribution < -0.4 is 16.0 Å². The molecule has 1 aromatic heterocycles. The number of hydrogen-bond acceptors (Lipinski definition) is 6. The van der Waals surface area contributed by atoms with Crippen LogP contribution in [0, 0.1) is 5.92 Å². The van der Waals surface area contributed by atoms with Crippen molar-refractivity contribution in [3.63, 3.8) is 0 Å². The number of halogens is 2. The van der Waals surface area contributed by atoms with Gasteiger partial charge in [-0.3, -0.25) is 14.5 Å². The van der Waals surface area contributed by atoms with E-state index in [1.165, 1.54) is 0 Å². The number of piperazine rings is 1. The molecule has 2 fully saturated rings. The summed E-state index contributed by atoms with van der Waals surface area (Å²) < 4.78 is 0. The number of rotatable bonds is 7. The highest BCUT2D eigenvalue weighted by atomic mass is 35.5. The number of nitrogens with one attached hydrogen (secondary N) is 1. The molecule has 0 radical (unpaired) electrons. The number of nitrogens with zero attached hydrogens (tertiary/aromatic N) is 4. The molecular formula is C20H34Cl2N6O2. The van der Waals surface area contributed by atoms with Crippen LogP contribution in [0.4, 0.5) is 5.82 Å². The lowest BCUT2D eigenvalue weighted by Gasteiger charge is -2.36. The summed E-state index contributed by atoms with van der Waals surface area (Å²) >= 11 is 0. The van der Waals surface area contributed by atoms with Gasteiger partial charge in [0.05, 0.1) is 5.92 Å². The van der Waals surface area contributed by atoms with Crippen LogP contribution in [0.15, 0.2) is 24.4 Å². The monoisotopic (exact) mass is 460 g/mol. The zero-order valence-electron chi connectivity index (χ0n) is 17.4. The number of anilines is 1. The third-order valence-electron chi connectivity index (χ3n) is 5.58. The number of amides is 2. The fourth-order valence-corrected chi connectivity index (χ4v) is 3.91. The minimum Gasteiger partial charge on any atom is -0.355 e. The van der Waals surface area contributed by atoms with Crippen molar-refractivity contribution in [3.8, 4) is 0 Å². The molecule has 0 spiro atoms. The molecule has 3 rings (SSSR count). The summed E-state index contributed by atoms with van der Waals surface area (Å²) in [6, 6.07) is 5.98. The lowest BCUT2D eigenvalue weighted by molar-refractivity contribution is -0.136. The van der Waals surface area contributed by atoms with Crippen molar-refractivity contribution in [2.45, 2.75) is 19.3 Å². The lowest BCUT2D eigenvalue weighted by Crippen LogP contribution is -2.49. The van der Waals surface area contributed by atoms with Crippen LogP contribution in [-0.4, -0.2) is 85.5 Å². The molecule has 0 saturated carbocycles. The Kier molecular flexibility index (Phi) is 12.0. The van der Waals surface area contributed by atoms with E-state index in [1.807, 2.05) is 29.3 Å². The molecular weight excluding hydrogens is 427 g/mol. The van der Waals surface area contributed by atoms with Gasteiger partial charge in [0.25, 0.3) is 0 Å². The van der Waals surface area contributed by atoms with Gasteiger partial charge in [-0.2, -0.15) is 0 Å². The number of likely N-dealkylation sites (tertiary alicyclic amines) is 1. The molecule has 1 atom stereocenters. The van der Waals surface area contributed by atoms with E-state index in [9.17, 15) is 9.59 Å². The van der Waals surface area contributed by atoms with Crippen LogP contribution >= 0.6 is 24.8 Å². The van der Waals surface area contributed by atoms with E-state index in [2.05, 4.69) is 20.1 Å². The summed E-state index contributed by atoms with van der Waals surface area (Å²) in [4.78, 5) is 35.7. The maximum Gasteiger partial charge on any atom is 0.224 e. The molecule has 0 aromatic carbocycles. The van der Waals surface area contributed by atoms with Crippen molar-refractivity contribution in [2.24, 2.45) is 11.7 Å². The van der Waals surface area contributed by atoms with Crippen LogP contribution in [0.3, 0.4) is 0 Å². The molecule has 170 valence electrons. The second-order valence-corrected chi connectivity index (χ2v) is 7.53. The molecule has 3 heterocycles. The normalized spacial score (nSPS) is 19.4. The van der Waals surface area contributed by atoms with E-state index in [-0.39, 0.29) is 42.5 Å². The van der Waals surface area contributed by atoms with Gasteiger partial charge < -0.3 is 20.9 Å². The van der Waals surface area contributed by atoms with Crippen molar-refractivity contribution in [3.05, 3.63) is 24.4 Å². The maximum atomic E-state index is 12.6. The maximum absolute atomic E-state index is 12.6. The number of aromatic nitrogens is 1. The zero-order valence-corrected chi connectivity index (χ0v) is 19.0. The number of nitrogens with two attached hydrogens (primary N) is 1. The lowest BCUT2D eigenvalue weighted by atomic mass is 9.97. The zero-order chi connectivity index (χ0) is 19.8. The van der Waals surface area contributed by atoms with E-state index < -0.39 is 0 Å². The van der Waals surface area contributed by atoms with Gasteiger partial charge in [-0.25, -0.2) is 4.98 Å². The van der Waals surface area contributed by atoms with Crippen molar-refractivity contribution in [2.75, 3.05) is 63.8 Å². The van der Waals surface area contributed by atoms with Crippen molar-refractivity contribution in [1.29, 1.82) is 0 Å². The summed E-state index contributed by atoms with van der Waals surface area (Å²) in [5.41, 5.74) is 5.44. The van der Waals surface area contributed by atoms with Gasteiger partial charge in [0, 0.05) is 71.5 Å². The fourth-order valence-electron chi connectivity index (χ4n) is 3.91. The standard InChI is InChI=1S/C20H32N6O2.2ClH/c21-7-9-23-20(28)17-4-3-10-26(16-17)19(27)6-11-24-12-14-25(15-13-24)18-5-1-2-8-22-18;;/h1-2,5,8,17H,3-4,6-7,9-16,21H2,(H,23,28);2*1H. The molecule has 30 heavy (non-hydrogen) atoms. The van der Waals surface area contributed by atoms with E-state index in [4.69, 9.17) is 5.73 Å². The average molecular weight is 461 g/mol. The van der Waals surface area contributed by atoms with Crippen LogP contribution in [0.1, 0.15) is 19.3 Å². The number of pyridine rings is 1. The minimum atomic E-state index is -0.105. The molecule has 1 unspecified atom stereocenters. The molecule has 8 nitrogen and oxygen atoms in total. The molecule has 1 aromatic rings. The van der Waals surface area contributed by atoms with Gasteiger partial charge in [-0.1, -0.05) is 6.07 Å². The molecule has 0 bridgehead atoms. The second kappa shape index (κ2) is 13.6. The predicted octanol–water partition coefficient (Wildman–Crippen LogP) is 0.751. The van der Waals surface area contributed by atoms with Crippen LogP contribution in [0.5, 0.6) is 0 Å². The largest absolute Gasteiger partial charge is 0.355 e. The van der Waals surface area contributed by atoms with Crippen LogP contribution in [0.2, 0.25) is 0 Å². The first-order chi connectivity index (χ1) is 13.7. The van der Waals surface area contributed by atoms with Crippen LogP contribution in [-0.2, 0) is 9.59 Å². The quantitative estimate of drug-likeness (QED) is 0.623. The van der Waals surface area contributed by atoms with E-state index in [1.54, 1.807) is 0 Å². The van der Waals surface area contributed by atoms with E-state index in [0.717, 1.165) is 57.9 Å². The number of hydrogen-bond donors (Lipinski definition) is 2. The summed E-state index contributed by atoms with van der Waals surface area (Å²) in [6.07, 6.45) is 4.06. The number of piperidine rings is 1. The third kappa shape index (κ3) is 7.58. The van der Waals surface area contributed by atoms with Crippen molar-refractivity contribution < 1.29 is 9.59 Å². The smallest absolute Gasteiger partial charge is 0.224 e. The molecule has 2 aliphatic heterocycles. The van der Waals surface area contributed by atoms with Crippen LogP contribution in [0.25, 0.3) is 0 Å². The van der Waals surface area contributed by atoms with Crippen molar-refractivity contribution >= 4 is 42.4 Å². The van der Waals surface area contributed by atoms with E-state index >= 15 is 0 Å². The minimum absolute atomic E-state index is 0. The molecule has 2 aliphatic rings. The van der Waals surface area contributed by atoms with E-state index in [0.29, 0.717) is 26.1 Å². The Morgan fingerprint density at radius 2 is 1.90 bits per heavy atom. The SMILES string of the molecule is Cl.Cl.NCCNC(=O)C1CCCN(C(=O)CCN2CCN(c3ccccn3)CC2)C1. The first-order valence-electron chi connectivity index (χ1n) is 10.3. The summed E-state index contributed by atoms with van der Waals surface area (Å²) in [5.74, 6) is 1.09. The Balaban J connectivity index is 0.00000225. The molecule has 0 aliphatic carbocycles. The number of carbonyl (C=O) groups is 2. The van der Waals surface area contributed by atoms with Gasteiger partial charge in [0.15, 0.2) is 0 Å². The number of carbonyl (C=O) groups excluding carboxylic acids is 2. The summed E-state index contributed by atoms with van der Waals surface area (Å²) in [6.45, 7) is 6.73. The molecule has 10 heteroatoms. The molecule has 2 saturated heterocycles. The highest BCUT2D eigenvalue weighted by molar-refractivity contribution is 5.85. The molecule has 2 amide bonds. The first-order valence-corrected chi connectivity index (χ1v) is 10.3. The predicted molar refractivity (Wildman–Crippen MR) is 123 cm³/mol. The second-order valence-electron chi connectivity index (χ2n) is 7.53. The Morgan fingerprint density at radius 1 is 1.13 bits per heavy atom. The Labute approximate surface area is 191 Å².